The van der Waals surface area contributed by atoms with Gasteiger partial charge in [0.2, 0.25) is 0 Å². The van der Waals surface area contributed by atoms with Gasteiger partial charge in [0.1, 0.15) is 5.69 Å². The molecular weight excluding hydrogens is 268 g/mol. The minimum absolute atomic E-state index is 0.247. The molecule has 2 aliphatic heterocycles. The van der Waals surface area contributed by atoms with Crippen molar-refractivity contribution in [1.82, 2.24) is 10.2 Å². The van der Waals surface area contributed by atoms with Crippen molar-refractivity contribution in [2.24, 2.45) is 0 Å². The largest absolute Gasteiger partial charge is 0.364 e. The lowest BCUT2D eigenvalue weighted by Gasteiger charge is -2.32. The zero-order chi connectivity index (χ0) is 14.8. The Morgan fingerprint density at radius 1 is 1.29 bits per heavy atom. The highest BCUT2D eigenvalue weighted by Gasteiger charge is 2.31. The first-order chi connectivity index (χ1) is 10.2. The Bertz CT molecular complexity index is 528. The van der Waals surface area contributed by atoms with Gasteiger partial charge in [-0.2, -0.15) is 0 Å². The van der Waals surface area contributed by atoms with Gasteiger partial charge in [0.05, 0.1) is 4.92 Å². The van der Waals surface area contributed by atoms with Crippen LogP contribution < -0.4 is 10.2 Å². The summed E-state index contributed by atoms with van der Waals surface area (Å²) in [4.78, 5) is 15.8. The van der Waals surface area contributed by atoms with Gasteiger partial charge < -0.3 is 10.2 Å². The summed E-state index contributed by atoms with van der Waals surface area (Å²) in [6.07, 6.45) is 1.09. The van der Waals surface area contributed by atoms with Crippen LogP contribution in [-0.2, 0) is 0 Å². The predicted octanol–water partition coefficient (Wildman–Crippen LogP) is 1.39. The predicted molar refractivity (Wildman–Crippen MR) is 82.9 cm³/mol. The van der Waals surface area contributed by atoms with Crippen molar-refractivity contribution in [3.05, 3.63) is 33.9 Å². The fourth-order valence-corrected chi connectivity index (χ4v) is 3.44. The third-order valence-corrected chi connectivity index (χ3v) is 4.57. The molecule has 0 radical (unpaired) electrons. The van der Waals surface area contributed by atoms with Crippen molar-refractivity contribution in [2.75, 3.05) is 44.2 Å². The third-order valence-electron chi connectivity index (χ3n) is 4.57. The van der Waals surface area contributed by atoms with E-state index in [1.165, 1.54) is 0 Å². The van der Waals surface area contributed by atoms with E-state index in [1.54, 1.807) is 0 Å². The Labute approximate surface area is 124 Å². The average molecular weight is 290 g/mol. The van der Waals surface area contributed by atoms with Crippen LogP contribution in [0, 0.1) is 17.0 Å². The van der Waals surface area contributed by atoms with Gasteiger partial charge in [0, 0.05) is 50.9 Å². The summed E-state index contributed by atoms with van der Waals surface area (Å²) >= 11 is 0. The number of hydrogen-bond donors (Lipinski definition) is 1. The first-order valence-corrected chi connectivity index (χ1v) is 7.60. The van der Waals surface area contributed by atoms with E-state index in [0.29, 0.717) is 6.04 Å². The zero-order valence-corrected chi connectivity index (χ0v) is 12.4. The number of hydrogen-bond acceptors (Lipinski definition) is 5. The van der Waals surface area contributed by atoms with E-state index >= 15 is 0 Å². The summed E-state index contributed by atoms with van der Waals surface area (Å²) in [5, 5.41) is 14.7. The van der Waals surface area contributed by atoms with Crippen LogP contribution in [0.1, 0.15) is 12.0 Å². The van der Waals surface area contributed by atoms with E-state index < -0.39 is 0 Å². The molecule has 2 aliphatic rings. The molecule has 2 saturated heterocycles. The van der Waals surface area contributed by atoms with Crippen LogP contribution in [0.3, 0.4) is 0 Å². The molecule has 6 heteroatoms. The Morgan fingerprint density at radius 3 is 2.76 bits per heavy atom. The highest BCUT2D eigenvalue weighted by Crippen LogP contribution is 2.34. The molecule has 6 nitrogen and oxygen atoms in total. The van der Waals surface area contributed by atoms with Gasteiger partial charge in [-0.1, -0.05) is 12.1 Å². The smallest absolute Gasteiger partial charge is 0.295 e. The van der Waals surface area contributed by atoms with Crippen molar-refractivity contribution >= 4 is 11.4 Å². The molecule has 1 unspecified atom stereocenters. The van der Waals surface area contributed by atoms with Crippen LogP contribution in [0.25, 0.3) is 0 Å². The lowest BCUT2D eigenvalue weighted by molar-refractivity contribution is -0.384. The molecule has 0 aromatic heterocycles. The Balaban J connectivity index is 1.77. The Kier molecular flexibility index (Phi) is 4.07. The van der Waals surface area contributed by atoms with E-state index in [-0.39, 0.29) is 10.6 Å². The minimum atomic E-state index is -0.247. The molecule has 0 bridgehead atoms. The number of nitrogens with zero attached hydrogens (tertiary/aromatic N) is 3. The molecule has 0 amide bonds. The second-order valence-corrected chi connectivity index (χ2v) is 5.87. The molecule has 21 heavy (non-hydrogen) atoms. The lowest BCUT2D eigenvalue weighted by atomic mass is 10.1. The molecule has 0 aliphatic carbocycles. The average Bonchev–Trinajstić information content (AvgIpc) is 2.97. The van der Waals surface area contributed by atoms with E-state index in [0.717, 1.165) is 56.9 Å². The van der Waals surface area contributed by atoms with E-state index in [2.05, 4.69) is 15.1 Å². The van der Waals surface area contributed by atoms with Crippen molar-refractivity contribution in [3.8, 4) is 0 Å². The number of nitrogens with one attached hydrogen (secondary N) is 1. The fraction of sp³-hybridized carbons (Fsp3) is 0.600. The molecule has 1 N–H and O–H groups in total. The molecule has 3 rings (SSSR count). The second kappa shape index (κ2) is 5.99. The van der Waals surface area contributed by atoms with Crippen molar-refractivity contribution in [2.45, 2.75) is 19.4 Å². The minimum Gasteiger partial charge on any atom is -0.364 e. The van der Waals surface area contributed by atoms with Crippen LogP contribution in [0.5, 0.6) is 0 Å². The van der Waals surface area contributed by atoms with Crippen LogP contribution in [0.2, 0.25) is 0 Å². The number of rotatable bonds is 3. The first kappa shape index (κ1) is 14.3. The van der Waals surface area contributed by atoms with Crippen LogP contribution in [0.4, 0.5) is 11.4 Å². The van der Waals surface area contributed by atoms with Gasteiger partial charge >= 0.3 is 0 Å². The van der Waals surface area contributed by atoms with Crippen LogP contribution in [-0.4, -0.2) is 55.1 Å². The first-order valence-electron chi connectivity index (χ1n) is 7.60. The van der Waals surface area contributed by atoms with Crippen LogP contribution >= 0.6 is 0 Å². The Morgan fingerprint density at radius 2 is 2.05 bits per heavy atom. The number of aryl methyl sites for hydroxylation is 1. The quantitative estimate of drug-likeness (QED) is 0.673. The van der Waals surface area contributed by atoms with E-state index in [4.69, 9.17) is 0 Å². The highest BCUT2D eigenvalue weighted by molar-refractivity contribution is 5.67. The van der Waals surface area contributed by atoms with Gasteiger partial charge in [-0.3, -0.25) is 15.0 Å². The molecule has 2 fully saturated rings. The summed E-state index contributed by atoms with van der Waals surface area (Å²) in [5.74, 6) is 0. The number of piperazine rings is 1. The van der Waals surface area contributed by atoms with E-state index in [1.807, 2.05) is 25.1 Å². The number of para-hydroxylation sites is 1. The maximum atomic E-state index is 11.3. The molecular formula is C15H22N4O2. The summed E-state index contributed by atoms with van der Waals surface area (Å²) in [6.45, 7) is 7.85. The van der Waals surface area contributed by atoms with Gasteiger partial charge in [0.25, 0.3) is 5.69 Å². The molecule has 0 saturated carbocycles. The van der Waals surface area contributed by atoms with Gasteiger partial charge in [-0.15, -0.1) is 0 Å². The summed E-state index contributed by atoms with van der Waals surface area (Å²) < 4.78 is 0. The van der Waals surface area contributed by atoms with Gasteiger partial charge in [-0.05, 0) is 19.4 Å². The van der Waals surface area contributed by atoms with Crippen molar-refractivity contribution < 1.29 is 4.92 Å². The van der Waals surface area contributed by atoms with Crippen molar-refractivity contribution in [1.29, 1.82) is 0 Å². The second-order valence-electron chi connectivity index (χ2n) is 5.87. The molecule has 0 spiro atoms. The number of nitro groups is 1. The number of nitro benzene ring substituents is 1. The topological polar surface area (TPSA) is 61.6 Å². The van der Waals surface area contributed by atoms with Crippen LogP contribution in [0.15, 0.2) is 18.2 Å². The normalized spacial score (nSPS) is 23.5. The SMILES string of the molecule is Cc1cccc(N2CCC(N3CCNCC3)C2)c1[N+](=O)[O-]. The molecule has 2 heterocycles. The third kappa shape index (κ3) is 2.87. The lowest BCUT2D eigenvalue weighted by Crippen LogP contribution is -2.49. The monoisotopic (exact) mass is 290 g/mol. The van der Waals surface area contributed by atoms with Gasteiger partial charge in [0.15, 0.2) is 0 Å². The van der Waals surface area contributed by atoms with Crippen molar-refractivity contribution in [3.63, 3.8) is 0 Å². The summed E-state index contributed by atoms with van der Waals surface area (Å²) in [7, 11) is 0. The summed E-state index contributed by atoms with van der Waals surface area (Å²) in [6, 6.07) is 6.12. The fourth-order valence-electron chi connectivity index (χ4n) is 3.44. The molecule has 114 valence electrons. The molecule has 1 atom stereocenters. The molecule has 1 aromatic carbocycles. The van der Waals surface area contributed by atoms with Gasteiger partial charge in [-0.25, -0.2) is 0 Å². The maximum Gasteiger partial charge on any atom is 0.295 e. The summed E-state index contributed by atoms with van der Waals surface area (Å²) in [5.41, 5.74) is 1.78. The standard InChI is InChI=1S/C15H22N4O2/c1-12-3-2-4-14(15(12)19(20)21)18-8-5-13(11-18)17-9-6-16-7-10-17/h2-4,13,16H,5-11H2,1H3. The zero-order valence-electron chi connectivity index (χ0n) is 12.4. The maximum absolute atomic E-state index is 11.3. The number of anilines is 1. The number of benzene rings is 1. The highest BCUT2D eigenvalue weighted by atomic mass is 16.6. The van der Waals surface area contributed by atoms with E-state index in [9.17, 15) is 10.1 Å². The Hall–Kier alpha value is -1.66. The molecule has 1 aromatic rings.